The second kappa shape index (κ2) is 10.6. The normalized spacial score (nSPS) is 15.5. The number of aromatic nitrogens is 1. The highest BCUT2D eigenvalue weighted by molar-refractivity contribution is 9.10. The van der Waals surface area contributed by atoms with Gasteiger partial charge in [0.2, 0.25) is 5.43 Å². The lowest BCUT2D eigenvalue weighted by Crippen LogP contribution is -2.39. The molecule has 2 heterocycles. The van der Waals surface area contributed by atoms with Gasteiger partial charge in [0.15, 0.2) is 5.75 Å². The number of aryl methyl sites for hydroxylation is 1. The lowest BCUT2D eigenvalue weighted by Gasteiger charge is -2.38. The van der Waals surface area contributed by atoms with E-state index < -0.39 is 0 Å². The van der Waals surface area contributed by atoms with E-state index in [4.69, 9.17) is 4.74 Å². The molecule has 5 rings (SSSR count). The molecule has 0 amide bonds. The smallest absolute Gasteiger partial charge is 0.223 e. The highest BCUT2D eigenvalue weighted by Crippen LogP contribution is 2.34. The van der Waals surface area contributed by atoms with Gasteiger partial charge in [-0.15, -0.1) is 0 Å². The van der Waals surface area contributed by atoms with Crippen molar-refractivity contribution in [2.75, 3.05) is 6.54 Å². The molecule has 4 aromatic rings. The number of hydrogen-bond donors (Lipinski definition) is 0. The van der Waals surface area contributed by atoms with Crippen molar-refractivity contribution in [1.29, 1.82) is 0 Å². The van der Waals surface area contributed by atoms with E-state index >= 15 is 0 Å². The van der Waals surface area contributed by atoms with Crippen molar-refractivity contribution in [1.82, 2.24) is 9.47 Å². The van der Waals surface area contributed by atoms with E-state index in [1.807, 2.05) is 42.6 Å². The molecule has 0 N–H and O–H groups in total. The topological polar surface area (TPSA) is 34.5 Å². The summed E-state index contributed by atoms with van der Waals surface area (Å²) in [5.41, 5.74) is 5.74. The van der Waals surface area contributed by atoms with E-state index in [-0.39, 0.29) is 11.5 Å². The van der Waals surface area contributed by atoms with Gasteiger partial charge in [0, 0.05) is 35.9 Å². The number of fused-ring (bicyclic) bond motifs is 1. The van der Waals surface area contributed by atoms with E-state index in [2.05, 4.69) is 74.8 Å². The molecule has 1 aromatic heterocycles. The molecule has 3 aromatic carbocycles. The van der Waals surface area contributed by atoms with Gasteiger partial charge >= 0.3 is 0 Å². The Hall–Kier alpha value is -3.15. The molecule has 0 saturated heterocycles. The van der Waals surface area contributed by atoms with Crippen LogP contribution in [0.25, 0.3) is 0 Å². The number of halogens is 1. The Labute approximate surface area is 214 Å². The van der Waals surface area contributed by atoms with E-state index in [1.54, 1.807) is 6.07 Å². The average Bonchev–Trinajstić information content (AvgIpc) is 2.88. The van der Waals surface area contributed by atoms with Crippen molar-refractivity contribution in [3.8, 4) is 5.75 Å². The van der Waals surface area contributed by atoms with Gasteiger partial charge in [-0.1, -0.05) is 89.6 Å². The fraction of sp³-hybridized carbons (Fsp3) is 0.233. The molecular weight excluding hydrogens is 500 g/mol. The molecule has 0 aliphatic carbocycles. The van der Waals surface area contributed by atoms with Crippen LogP contribution in [-0.2, 0) is 26.1 Å². The summed E-state index contributed by atoms with van der Waals surface area (Å²) >= 11 is 3.63. The lowest BCUT2D eigenvalue weighted by molar-refractivity contribution is 0.171. The third-order valence-corrected chi connectivity index (χ3v) is 7.11. The number of pyridine rings is 1. The minimum Gasteiger partial charge on any atom is -0.483 e. The Kier molecular flexibility index (Phi) is 7.16. The first-order valence-electron chi connectivity index (χ1n) is 12.1. The van der Waals surface area contributed by atoms with Crippen molar-refractivity contribution in [3.05, 3.63) is 134 Å². The number of benzene rings is 3. The first-order valence-corrected chi connectivity index (χ1v) is 12.9. The van der Waals surface area contributed by atoms with E-state index in [0.29, 0.717) is 12.4 Å². The monoisotopic (exact) mass is 528 g/mol. The zero-order valence-electron chi connectivity index (χ0n) is 19.9. The number of nitrogens with zero attached hydrogens (tertiary/aromatic N) is 2. The van der Waals surface area contributed by atoms with Gasteiger partial charge in [-0.25, -0.2) is 0 Å². The van der Waals surface area contributed by atoms with Gasteiger partial charge in [0.25, 0.3) is 0 Å². The van der Waals surface area contributed by atoms with Gasteiger partial charge < -0.3 is 9.30 Å². The number of hydrogen-bond acceptors (Lipinski definition) is 3. The quantitative estimate of drug-likeness (QED) is 0.280. The van der Waals surface area contributed by atoms with Crippen LogP contribution in [0.15, 0.2) is 100 Å². The van der Waals surface area contributed by atoms with Crippen LogP contribution >= 0.6 is 15.9 Å². The molecule has 0 spiro atoms. The zero-order valence-corrected chi connectivity index (χ0v) is 21.4. The van der Waals surface area contributed by atoms with Crippen LogP contribution < -0.4 is 10.2 Å². The SMILES string of the molecule is CCc1ccc(CN2CCn3cc(OCc4ccccc4)c(=O)cc3C2c2cccc(Br)c2)cc1. The molecule has 1 unspecified atom stereocenters. The van der Waals surface area contributed by atoms with Gasteiger partial charge in [-0.3, -0.25) is 9.69 Å². The van der Waals surface area contributed by atoms with Gasteiger partial charge in [-0.2, -0.15) is 0 Å². The zero-order chi connectivity index (χ0) is 24.2. The molecular formula is C30H29BrN2O2. The molecule has 0 bridgehead atoms. The fourth-order valence-electron chi connectivity index (χ4n) is 4.74. The molecule has 178 valence electrons. The maximum absolute atomic E-state index is 13.1. The fourth-order valence-corrected chi connectivity index (χ4v) is 5.15. The molecule has 1 atom stereocenters. The summed E-state index contributed by atoms with van der Waals surface area (Å²) < 4.78 is 9.16. The maximum Gasteiger partial charge on any atom is 0.223 e. The van der Waals surface area contributed by atoms with Crippen LogP contribution in [0.1, 0.15) is 40.9 Å². The molecule has 0 radical (unpaired) electrons. The van der Waals surface area contributed by atoms with Crippen molar-refractivity contribution in [3.63, 3.8) is 0 Å². The summed E-state index contributed by atoms with van der Waals surface area (Å²) in [6.07, 6.45) is 2.93. The Bertz CT molecular complexity index is 1350. The van der Waals surface area contributed by atoms with Crippen molar-refractivity contribution >= 4 is 15.9 Å². The minimum absolute atomic E-state index is 0.0250. The Balaban J connectivity index is 1.47. The standard InChI is InChI=1S/C30H29BrN2O2/c1-2-22-11-13-23(14-12-22)19-33-16-15-32-20-29(35-21-24-7-4-3-5-8-24)28(34)18-27(32)30(33)25-9-6-10-26(31)17-25/h3-14,17-18,20,30H,2,15-16,19,21H2,1H3. The molecule has 4 nitrogen and oxygen atoms in total. The lowest BCUT2D eigenvalue weighted by atomic mass is 9.97. The molecule has 5 heteroatoms. The largest absolute Gasteiger partial charge is 0.483 e. The first-order chi connectivity index (χ1) is 17.1. The summed E-state index contributed by atoms with van der Waals surface area (Å²) in [6, 6.07) is 28.9. The Morgan fingerprint density at radius 1 is 0.886 bits per heavy atom. The summed E-state index contributed by atoms with van der Waals surface area (Å²) in [7, 11) is 0. The van der Waals surface area contributed by atoms with E-state index in [9.17, 15) is 4.79 Å². The van der Waals surface area contributed by atoms with Crippen molar-refractivity contribution in [2.45, 2.75) is 39.1 Å². The Morgan fingerprint density at radius 3 is 2.40 bits per heavy atom. The summed E-state index contributed by atoms with van der Waals surface area (Å²) in [5.74, 6) is 0.397. The molecule has 35 heavy (non-hydrogen) atoms. The van der Waals surface area contributed by atoms with Crippen LogP contribution in [0.3, 0.4) is 0 Å². The van der Waals surface area contributed by atoms with Gasteiger partial charge in [0.1, 0.15) is 6.61 Å². The number of rotatable bonds is 7. The van der Waals surface area contributed by atoms with Crippen molar-refractivity contribution in [2.24, 2.45) is 0 Å². The van der Waals surface area contributed by atoms with Gasteiger partial charge in [0.05, 0.1) is 12.2 Å². The molecule has 1 aliphatic heterocycles. The average molecular weight is 529 g/mol. The summed E-state index contributed by atoms with van der Waals surface area (Å²) in [5, 5.41) is 0. The van der Waals surface area contributed by atoms with Crippen molar-refractivity contribution < 1.29 is 4.74 Å². The number of ether oxygens (including phenoxy) is 1. The van der Waals surface area contributed by atoms with Crippen LogP contribution in [0.2, 0.25) is 0 Å². The molecule has 0 fully saturated rings. The summed E-state index contributed by atoms with van der Waals surface area (Å²) in [6.45, 7) is 5.05. The molecule has 0 saturated carbocycles. The molecule has 1 aliphatic rings. The highest BCUT2D eigenvalue weighted by Gasteiger charge is 2.30. The first kappa shape index (κ1) is 23.6. The van der Waals surface area contributed by atoms with E-state index in [0.717, 1.165) is 47.3 Å². The van der Waals surface area contributed by atoms with Crippen LogP contribution in [-0.4, -0.2) is 16.0 Å². The highest BCUT2D eigenvalue weighted by atomic mass is 79.9. The van der Waals surface area contributed by atoms with Crippen LogP contribution in [0, 0.1) is 0 Å². The third kappa shape index (κ3) is 5.42. The summed E-state index contributed by atoms with van der Waals surface area (Å²) in [4.78, 5) is 15.6. The van der Waals surface area contributed by atoms with E-state index in [1.165, 1.54) is 11.1 Å². The van der Waals surface area contributed by atoms with Gasteiger partial charge in [-0.05, 0) is 40.8 Å². The Morgan fingerprint density at radius 2 is 1.66 bits per heavy atom. The third-order valence-electron chi connectivity index (χ3n) is 6.62. The minimum atomic E-state index is -0.0821. The van der Waals surface area contributed by atoms with Crippen LogP contribution in [0.4, 0.5) is 0 Å². The second-order valence-electron chi connectivity index (χ2n) is 8.99. The predicted octanol–water partition coefficient (Wildman–Crippen LogP) is 6.36. The van der Waals surface area contributed by atoms with Crippen LogP contribution in [0.5, 0.6) is 5.75 Å². The maximum atomic E-state index is 13.1. The predicted molar refractivity (Wildman–Crippen MR) is 144 cm³/mol. The second-order valence-corrected chi connectivity index (χ2v) is 9.91.